The molecule has 0 fully saturated rings. The molecule has 0 saturated heterocycles. The third-order valence-corrected chi connectivity index (χ3v) is 2.72. The van der Waals surface area contributed by atoms with Gasteiger partial charge in [0.25, 0.3) is 5.91 Å². The molecule has 0 atom stereocenters. The number of nitrogens with zero attached hydrogens (tertiary/aromatic N) is 2. The maximum atomic E-state index is 11.9. The zero-order valence-corrected chi connectivity index (χ0v) is 11.3. The number of hydrogen-bond donors (Lipinski definition) is 1. The van der Waals surface area contributed by atoms with Gasteiger partial charge in [0.15, 0.2) is 0 Å². The number of anilines is 1. The first-order chi connectivity index (χ1) is 9.06. The predicted octanol–water partition coefficient (Wildman–Crippen LogP) is 1.98. The summed E-state index contributed by atoms with van der Waals surface area (Å²) in [5.74, 6) is 1.11. The van der Waals surface area contributed by atoms with Crippen LogP contribution in [0.15, 0.2) is 34.9 Å². The molecule has 0 saturated carbocycles. The molecule has 0 bridgehead atoms. The smallest absolute Gasteiger partial charge is 0.251 e. The van der Waals surface area contributed by atoms with Gasteiger partial charge in [-0.25, -0.2) is 4.98 Å². The number of aromatic nitrogens is 1. The third-order valence-electron chi connectivity index (χ3n) is 2.72. The van der Waals surface area contributed by atoms with E-state index in [1.165, 1.54) is 0 Å². The molecule has 1 amide bonds. The number of carbonyl (C=O) groups is 1. The Hall–Kier alpha value is -2.30. The molecule has 1 aromatic carbocycles. The van der Waals surface area contributed by atoms with Gasteiger partial charge in [-0.2, -0.15) is 0 Å². The van der Waals surface area contributed by atoms with Crippen molar-refractivity contribution >= 4 is 11.6 Å². The van der Waals surface area contributed by atoms with Crippen LogP contribution >= 0.6 is 0 Å². The number of amides is 1. The molecule has 1 heterocycles. The summed E-state index contributed by atoms with van der Waals surface area (Å²) in [6.45, 7) is 2.11. The number of rotatable bonds is 4. The molecule has 1 N–H and O–H groups in total. The summed E-state index contributed by atoms with van der Waals surface area (Å²) in [5, 5.41) is 2.77. The van der Waals surface area contributed by atoms with E-state index < -0.39 is 0 Å². The molecule has 0 aliphatic heterocycles. The van der Waals surface area contributed by atoms with Gasteiger partial charge in [0.1, 0.15) is 5.76 Å². The van der Waals surface area contributed by atoms with Gasteiger partial charge in [0, 0.05) is 25.3 Å². The molecule has 2 rings (SSSR count). The SMILES string of the molecule is Cc1cnc(CNC(=O)c2ccc(N(C)C)cc2)o1. The van der Waals surface area contributed by atoms with Gasteiger partial charge < -0.3 is 14.6 Å². The van der Waals surface area contributed by atoms with Crippen molar-refractivity contribution in [3.05, 3.63) is 47.7 Å². The lowest BCUT2D eigenvalue weighted by molar-refractivity contribution is 0.0947. The van der Waals surface area contributed by atoms with E-state index in [1.807, 2.05) is 38.1 Å². The van der Waals surface area contributed by atoms with Gasteiger partial charge >= 0.3 is 0 Å². The zero-order valence-electron chi connectivity index (χ0n) is 11.3. The lowest BCUT2D eigenvalue weighted by Gasteiger charge is -2.12. The van der Waals surface area contributed by atoms with Gasteiger partial charge in [0.2, 0.25) is 5.89 Å². The molecule has 19 heavy (non-hydrogen) atoms. The van der Waals surface area contributed by atoms with Gasteiger partial charge in [-0.1, -0.05) is 0 Å². The average molecular weight is 259 g/mol. The fraction of sp³-hybridized carbons (Fsp3) is 0.286. The Bertz CT molecular complexity index is 558. The highest BCUT2D eigenvalue weighted by Crippen LogP contribution is 2.12. The van der Waals surface area contributed by atoms with Crippen molar-refractivity contribution in [2.75, 3.05) is 19.0 Å². The maximum absolute atomic E-state index is 11.9. The highest BCUT2D eigenvalue weighted by molar-refractivity contribution is 5.94. The van der Waals surface area contributed by atoms with E-state index >= 15 is 0 Å². The van der Waals surface area contributed by atoms with Gasteiger partial charge in [-0.15, -0.1) is 0 Å². The van der Waals surface area contributed by atoms with Crippen molar-refractivity contribution in [2.24, 2.45) is 0 Å². The van der Waals surface area contributed by atoms with Crippen molar-refractivity contribution in [2.45, 2.75) is 13.5 Å². The van der Waals surface area contributed by atoms with Crippen molar-refractivity contribution in [3.63, 3.8) is 0 Å². The topological polar surface area (TPSA) is 58.4 Å². The molecule has 0 spiro atoms. The van der Waals surface area contributed by atoms with E-state index in [4.69, 9.17) is 4.42 Å². The number of benzene rings is 1. The van der Waals surface area contributed by atoms with E-state index in [9.17, 15) is 4.79 Å². The Kier molecular flexibility index (Phi) is 3.85. The summed E-state index contributed by atoms with van der Waals surface area (Å²) in [7, 11) is 3.92. The van der Waals surface area contributed by atoms with Crippen LogP contribution in [-0.2, 0) is 6.54 Å². The Morgan fingerprint density at radius 3 is 2.53 bits per heavy atom. The Morgan fingerprint density at radius 1 is 1.32 bits per heavy atom. The molecular formula is C14H17N3O2. The van der Waals surface area contributed by atoms with Gasteiger partial charge in [-0.05, 0) is 31.2 Å². The molecule has 0 radical (unpaired) electrons. The Morgan fingerprint density at radius 2 is 2.00 bits per heavy atom. The number of oxazole rings is 1. The molecule has 0 unspecified atom stereocenters. The van der Waals surface area contributed by atoms with Crippen LogP contribution in [0, 0.1) is 6.92 Å². The molecule has 0 aliphatic carbocycles. The maximum Gasteiger partial charge on any atom is 0.251 e. The number of aryl methyl sites for hydroxylation is 1. The number of hydrogen-bond acceptors (Lipinski definition) is 4. The van der Waals surface area contributed by atoms with Crippen molar-refractivity contribution in [3.8, 4) is 0 Å². The van der Waals surface area contributed by atoms with E-state index in [-0.39, 0.29) is 5.91 Å². The first-order valence-electron chi connectivity index (χ1n) is 6.03. The van der Waals surface area contributed by atoms with Gasteiger partial charge in [0.05, 0.1) is 12.7 Å². The number of nitrogens with one attached hydrogen (secondary N) is 1. The average Bonchev–Trinajstić information content (AvgIpc) is 2.82. The molecule has 2 aromatic rings. The van der Waals surface area contributed by atoms with Crippen LogP contribution in [0.2, 0.25) is 0 Å². The summed E-state index contributed by atoms with van der Waals surface area (Å²) in [6.07, 6.45) is 1.63. The third kappa shape index (κ3) is 3.34. The normalized spacial score (nSPS) is 10.3. The highest BCUT2D eigenvalue weighted by Gasteiger charge is 2.07. The fourth-order valence-electron chi connectivity index (χ4n) is 1.65. The highest BCUT2D eigenvalue weighted by atomic mass is 16.4. The standard InChI is InChI=1S/C14H17N3O2/c1-10-8-15-13(19-10)9-16-14(18)11-4-6-12(7-5-11)17(2)3/h4-8H,9H2,1-3H3,(H,16,18). The minimum absolute atomic E-state index is 0.138. The lowest BCUT2D eigenvalue weighted by Crippen LogP contribution is -2.23. The van der Waals surface area contributed by atoms with Crippen LogP contribution < -0.4 is 10.2 Å². The lowest BCUT2D eigenvalue weighted by atomic mass is 10.2. The van der Waals surface area contributed by atoms with Crippen LogP contribution in [0.5, 0.6) is 0 Å². The Balaban J connectivity index is 1.96. The zero-order chi connectivity index (χ0) is 13.8. The van der Waals surface area contributed by atoms with E-state index in [0.717, 1.165) is 11.4 Å². The Labute approximate surface area is 112 Å². The van der Waals surface area contributed by atoms with Crippen LogP contribution in [0.4, 0.5) is 5.69 Å². The second-order valence-corrected chi connectivity index (χ2v) is 4.49. The summed E-state index contributed by atoms with van der Waals surface area (Å²) in [4.78, 5) is 17.9. The van der Waals surface area contributed by atoms with E-state index in [1.54, 1.807) is 18.3 Å². The molecule has 5 heteroatoms. The number of carbonyl (C=O) groups excluding carboxylic acids is 1. The van der Waals surface area contributed by atoms with Crippen LogP contribution in [0.3, 0.4) is 0 Å². The first kappa shape index (κ1) is 13.1. The quantitative estimate of drug-likeness (QED) is 0.912. The summed E-state index contributed by atoms with van der Waals surface area (Å²) >= 11 is 0. The van der Waals surface area contributed by atoms with Crippen LogP contribution in [0.1, 0.15) is 22.0 Å². The minimum atomic E-state index is -0.138. The summed E-state index contributed by atoms with van der Waals surface area (Å²) < 4.78 is 5.29. The monoisotopic (exact) mass is 259 g/mol. The molecule has 0 aliphatic rings. The van der Waals surface area contributed by atoms with Crippen molar-refractivity contribution in [1.82, 2.24) is 10.3 Å². The predicted molar refractivity (Wildman–Crippen MR) is 73.2 cm³/mol. The van der Waals surface area contributed by atoms with E-state index in [2.05, 4.69) is 10.3 Å². The molecule has 100 valence electrons. The molecule has 1 aromatic heterocycles. The van der Waals surface area contributed by atoms with Gasteiger partial charge in [-0.3, -0.25) is 4.79 Å². The first-order valence-corrected chi connectivity index (χ1v) is 6.03. The van der Waals surface area contributed by atoms with Crippen LogP contribution in [0.25, 0.3) is 0 Å². The second kappa shape index (κ2) is 5.56. The van der Waals surface area contributed by atoms with Crippen LogP contribution in [-0.4, -0.2) is 25.0 Å². The molecular weight excluding hydrogens is 242 g/mol. The largest absolute Gasteiger partial charge is 0.444 e. The molecule has 5 nitrogen and oxygen atoms in total. The van der Waals surface area contributed by atoms with Crippen molar-refractivity contribution in [1.29, 1.82) is 0 Å². The fourth-order valence-corrected chi connectivity index (χ4v) is 1.65. The van der Waals surface area contributed by atoms with Crippen molar-refractivity contribution < 1.29 is 9.21 Å². The summed E-state index contributed by atoms with van der Waals surface area (Å²) in [6, 6.07) is 7.41. The second-order valence-electron chi connectivity index (χ2n) is 4.49. The summed E-state index contributed by atoms with van der Waals surface area (Å²) in [5.41, 5.74) is 1.67. The minimum Gasteiger partial charge on any atom is -0.444 e. The van der Waals surface area contributed by atoms with E-state index in [0.29, 0.717) is 18.0 Å².